The van der Waals surface area contributed by atoms with Crippen LogP contribution in [0.5, 0.6) is 5.75 Å². The average molecular weight is 477 g/mol. The van der Waals surface area contributed by atoms with Crippen molar-refractivity contribution in [3.05, 3.63) is 38.0 Å². The van der Waals surface area contributed by atoms with Crippen molar-refractivity contribution < 1.29 is 15.0 Å². The van der Waals surface area contributed by atoms with E-state index in [1.807, 2.05) is 0 Å². The van der Waals surface area contributed by atoms with E-state index < -0.39 is 12.0 Å². The van der Waals surface area contributed by atoms with E-state index in [1.165, 1.54) is 12.1 Å². The van der Waals surface area contributed by atoms with Gasteiger partial charge in [-0.2, -0.15) is 0 Å². The van der Waals surface area contributed by atoms with E-state index in [4.69, 9.17) is 15.9 Å². The van der Waals surface area contributed by atoms with Crippen molar-refractivity contribution >= 4 is 48.4 Å². The van der Waals surface area contributed by atoms with Crippen LogP contribution in [0, 0.1) is 0 Å². The molecular weight excluding hydrogens is 460 g/mol. The second kappa shape index (κ2) is 8.70. The molecule has 1 aromatic carbocycles. The molecule has 18 heavy (non-hydrogen) atoms. The van der Waals surface area contributed by atoms with Crippen LogP contribution in [-0.4, -0.2) is 24.7 Å². The fourth-order valence-corrected chi connectivity index (χ4v) is 9.81. The number of carboxylic acid groups (broad SMARTS) is 1. The van der Waals surface area contributed by atoms with Crippen molar-refractivity contribution in [2.24, 2.45) is 5.73 Å². The van der Waals surface area contributed by atoms with Crippen LogP contribution in [0.1, 0.15) is 5.56 Å². The molecule has 1 aromatic rings. The van der Waals surface area contributed by atoms with Crippen molar-refractivity contribution in [2.75, 3.05) is 2.43 Å². The van der Waals surface area contributed by atoms with E-state index in [-0.39, 0.29) is 12.2 Å². The molecule has 4 N–H and O–H groups in total. The number of aliphatic carboxylic acids is 1. The molecule has 102 valence electrons. The maximum absolute atomic E-state index is 10.4. The minimum Gasteiger partial charge on any atom is -0.508 e. The first-order chi connectivity index (χ1) is 8.59. The topological polar surface area (TPSA) is 83.5 Å². The summed E-state index contributed by atoms with van der Waals surface area (Å²) in [7, 11) is 0. The number of hydrogen-bond acceptors (Lipinski definition) is 3. The van der Waals surface area contributed by atoms with Crippen molar-refractivity contribution in [2.45, 2.75) is 12.5 Å². The summed E-state index contributed by atoms with van der Waals surface area (Å²) in [5.74, 6) is -0.860. The first-order valence-electron chi connectivity index (χ1n) is 5.24. The van der Waals surface area contributed by atoms with Crippen LogP contribution in [0.4, 0.5) is 0 Å². The SMILES string of the molecule is C1=C[IH]C[IH]1.N[C@@H](Cc1ccc(O)cc1)C(=O)O. The number of phenolic OH excluding ortho intramolecular Hbond substituents is 1. The van der Waals surface area contributed by atoms with E-state index >= 15 is 0 Å². The number of carboxylic acids is 1. The van der Waals surface area contributed by atoms with Gasteiger partial charge in [0.1, 0.15) is 11.8 Å². The zero-order chi connectivity index (χ0) is 13.4. The Morgan fingerprint density at radius 1 is 1.28 bits per heavy atom. The van der Waals surface area contributed by atoms with Gasteiger partial charge in [-0.25, -0.2) is 0 Å². The molecule has 0 bridgehead atoms. The predicted molar refractivity (Wildman–Crippen MR) is 92.3 cm³/mol. The maximum Gasteiger partial charge on any atom is 0.320 e. The molecule has 0 saturated carbocycles. The molecule has 1 heterocycles. The number of hydrogen-bond donors (Lipinski definition) is 3. The first kappa shape index (κ1) is 15.7. The van der Waals surface area contributed by atoms with Gasteiger partial charge in [0, 0.05) is 0 Å². The van der Waals surface area contributed by atoms with Gasteiger partial charge in [-0.3, -0.25) is 4.79 Å². The van der Waals surface area contributed by atoms with Crippen LogP contribution in [0.15, 0.2) is 32.4 Å². The second-order valence-corrected chi connectivity index (χ2v) is 12.2. The zero-order valence-electron chi connectivity index (χ0n) is 9.65. The third-order valence-electron chi connectivity index (χ3n) is 2.09. The standard InChI is InChI=1S/C9H11NO3.C3H6I2/c10-8(9(12)13)5-6-1-3-7(11)4-2-6;1-2-5-3-4-1/h1-4,8,11H,5,10H2,(H,12,13);1-2,4-5H,3H2/t8-;/m0./s1. The van der Waals surface area contributed by atoms with Crippen LogP contribution in [-0.2, 0) is 11.2 Å². The summed E-state index contributed by atoms with van der Waals surface area (Å²) in [6.45, 7) is 0. The van der Waals surface area contributed by atoms with Gasteiger partial charge in [0.15, 0.2) is 0 Å². The van der Waals surface area contributed by atoms with Gasteiger partial charge in [-0.1, -0.05) is 12.1 Å². The second-order valence-electron chi connectivity index (χ2n) is 3.54. The van der Waals surface area contributed by atoms with Crippen molar-refractivity contribution in [3.63, 3.8) is 0 Å². The van der Waals surface area contributed by atoms with Crippen LogP contribution in [0.2, 0.25) is 0 Å². The van der Waals surface area contributed by atoms with Gasteiger partial charge < -0.3 is 15.9 Å². The smallest absolute Gasteiger partial charge is 0.320 e. The molecule has 0 radical (unpaired) electrons. The summed E-state index contributed by atoms with van der Waals surface area (Å²) >= 11 is 0.963. The molecule has 4 nitrogen and oxygen atoms in total. The van der Waals surface area contributed by atoms with Crippen molar-refractivity contribution in [1.82, 2.24) is 0 Å². The predicted octanol–water partition coefficient (Wildman–Crippen LogP) is 2.18. The molecule has 0 spiro atoms. The monoisotopic (exact) mass is 477 g/mol. The number of carbonyl (C=O) groups is 1. The van der Waals surface area contributed by atoms with Crippen LogP contribution in [0.25, 0.3) is 0 Å². The Morgan fingerprint density at radius 2 is 1.83 bits per heavy atom. The van der Waals surface area contributed by atoms with Gasteiger partial charge >= 0.3 is 59.0 Å². The minimum absolute atomic E-state index is 0.160. The fourth-order valence-electron chi connectivity index (χ4n) is 1.17. The number of aromatic hydroxyl groups is 1. The molecule has 2 rings (SSSR count). The first-order valence-corrected chi connectivity index (χ1v) is 11.2. The molecule has 0 aromatic heterocycles. The Balaban J connectivity index is 0.000000269. The molecule has 6 heteroatoms. The maximum atomic E-state index is 10.4. The van der Waals surface area contributed by atoms with Gasteiger partial charge in [0.25, 0.3) is 0 Å². The van der Waals surface area contributed by atoms with Crippen LogP contribution in [0.3, 0.4) is 0 Å². The summed E-state index contributed by atoms with van der Waals surface area (Å²) < 4.78 is 6.50. The van der Waals surface area contributed by atoms with Gasteiger partial charge in [-0.05, 0) is 24.1 Å². The average Bonchev–Trinajstić information content (AvgIpc) is 2.90. The van der Waals surface area contributed by atoms with Gasteiger partial charge in [0.05, 0.1) is 0 Å². The third-order valence-corrected chi connectivity index (χ3v) is 11.6. The van der Waals surface area contributed by atoms with E-state index in [0.29, 0.717) is 42.4 Å². The number of nitrogens with two attached hydrogens (primary N) is 1. The third kappa shape index (κ3) is 6.55. The van der Waals surface area contributed by atoms with Crippen molar-refractivity contribution in [3.8, 4) is 5.75 Å². The molecule has 0 aliphatic carbocycles. The molecule has 1 aliphatic rings. The molecule has 1 atom stereocenters. The number of rotatable bonds is 3. The van der Waals surface area contributed by atoms with E-state index in [2.05, 4.69) is 8.17 Å². The molecule has 0 saturated heterocycles. The van der Waals surface area contributed by atoms with Gasteiger partial charge in [0.2, 0.25) is 0 Å². The molecule has 0 amide bonds. The summed E-state index contributed by atoms with van der Waals surface area (Å²) in [6.07, 6.45) is 0.273. The number of alkyl halides is 2. The molecule has 0 fully saturated rings. The summed E-state index contributed by atoms with van der Waals surface area (Å²) in [5, 5.41) is 17.5. The van der Waals surface area contributed by atoms with E-state index in [9.17, 15) is 4.79 Å². The normalized spacial score (nSPS) is 15.6. The quantitative estimate of drug-likeness (QED) is 0.461. The molecule has 1 aliphatic heterocycles. The Morgan fingerprint density at radius 3 is 2.22 bits per heavy atom. The van der Waals surface area contributed by atoms with Crippen LogP contribution < -0.4 is 5.73 Å². The Kier molecular flexibility index (Phi) is 7.59. The Hall–Kier alpha value is -0.350. The largest absolute Gasteiger partial charge is 0.508 e. The van der Waals surface area contributed by atoms with E-state index in [1.54, 1.807) is 14.6 Å². The van der Waals surface area contributed by atoms with Gasteiger partial charge in [-0.15, -0.1) is 0 Å². The molecular formula is C12H17I2NO3. The number of phenols is 1. The fraction of sp³-hybridized carbons (Fsp3) is 0.250. The Labute approximate surface area is 127 Å². The number of halogens is 2. The number of benzene rings is 1. The van der Waals surface area contributed by atoms with Crippen LogP contribution >= 0.6 is 42.4 Å². The molecule has 0 unspecified atom stereocenters. The minimum atomic E-state index is -1.02. The zero-order valence-corrected chi connectivity index (χ0v) is 14.3. The van der Waals surface area contributed by atoms with E-state index in [0.717, 1.165) is 5.56 Å². The Bertz CT molecular complexity index is 400. The summed E-state index contributed by atoms with van der Waals surface area (Å²) in [5.41, 5.74) is 6.12. The summed E-state index contributed by atoms with van der Waals surface area (Å²) in [6, 6.07) is 5.42. The van der Waals surface area contributed by atoms with Crippen molar-refractivity contribution in [1.29, 1.82) is 0 Å². The summed E-state index contributed by atoms with van der Waals surface area (Å²) in [4.78, 5) is 10.4.